The van der Waals surface area contributed by atoms with Gasteiger partial charge in [0.05, 0.1) is 4.92 Å². The molecule has 0 unspecified atom stereocenters. The lowest BCUT2D eigenvalue weighted by atomic mass is 10.1. The number of amides is 1. The molecular formula is C21H22N4O4. The number of hydrogen-bond donors (Lipinski definition) is 0. The molecule has 0 N–H and O–H groups in total. The number of nitrogens with zero attached hydrogens (tertiary/aromatic N) is 4. The Morgan fingerprint density at radius 2 is 1.97 bits per heavy atom. The van der Waals surface area contributed by atoms with Gasteiger partial charge in [-0.3, -0.25) is 14.9 Å². The van der Waals surface area contributed by atoms with Gasteiger partial charge < -0.3 is 9.42 Å². The van der Waals surface area contributed by atoms with Gasteiger partial charge in [0, 0.05) is 28.8 Å². The lowest BCUT2D eigenvalue weighted by Gasteiger charge is -2.25. The van der Waals surface area contributed by atoms with Crippen molar-refractivity contribution in [3.05, 3.63) is 75.2 Å². The van der Waals surface area contributed by atoms with Crippen LogP contribution in [-0.2, 0) is 6.54 Å². The first-order chi connectivity index (χ1) is 13.8. The Morgan fingerprint density at radius 1 is 1.21 bits per heavy atom. The third-order valence-corrected chi connectivity index (χ3v) is 4.57. The zero-order valence-electron chi connectivity index (χ0n) is 16.7. The highest BCUT2D eigenvalue weighted by Crippen LogP contribution is 2.22. The molecule has 0 aliphatic carbocycles. The van der Waals surface area contributed by atoms with Crippen LogP contribution in [0, 0.1) is 24.0 Å². The molecule has 1 heterocycles. The molecule has 0 fully saturated rings. The number of hydrogen-bond acceptors (Lipinski definition) is 6. The Bertz CT molecular complexity index is 1060. The van der Waals surface area contributed by atoms with Crippen LogP contribution in [0.25, 0.3) is 11.4 Å². The van der Waals surface area contributed by atoms with Gasteiger partial charge in [-0.25, -0.2) is 0 Å². The number of aryl methyl sites for hydroxylation is 2. The zero-order valence-corrected chi connectivity index (χ0v) is 16.7. The summed E-state index contributed by atoms with van der Waals surface area (Å²) in [4.78, 5) is 29.6. The van der Waals surface area contributed by atoms with Crippen LogP contribution in [0.15, 0.2) is 47.0 Å². The van der Waals surface area contributed by atoms with Crippen molar-refractivity contribution in [1.29, 1.82) is 0 Å². The second-order valence-electron chi connectivity index (χ2n) is 7.17. The smallest absolute Gasteiger partial charge is 0.272 e. The van der Waals surface area contributed by atoms with Crippen LogP contribution in [0.1, 0.15) is 41.2 Å². The van der Waals surface area contributed by atoms with E-state index in [0.29, 0.717) is 22.8 Å². The van der Waals surface area contributed by atoms with E-state index in [-0.39, 0.29) is 24.2 Å². The van der Waals surface area contributed by atoms with Crippen molar-refractivity contribution >= 4 is 11.6 Å². The van der Waals surface area contributed by atoms with E-state index in [9.17, 15) is 14.9 Å². The monoisotopic (exact) mass is 394 g/mol. The van der Waals surface area contributed by atoms with E-state index in [1.807, 2.05) is 45.0 Å². The first-order valence-electron chi connectivity index (χ1n) is 9.22. The van der Waals surface area contributed by atoms with Crippen LogP contribution in [-0.4, -0.2) is 31.9 Å². The fourth-order valence-corrected chi connectivity index (χ4v) is 3.01. The van der Waals surface area contributed by atoms with E-state index in [4.69, 9.17) is 4.52 Å². The van der Waals surface area contributed by atoms with Crippen molar-refractivity contribution in [2.24, 2.45) is 0 Å². The number of nitro groups is 1. The quantitative estimate of drug-likeness (QED) is 0.456. The average Bonchev–Trinajstić information content (AvgIpc) is 3.13. The lowest BCUT2D eigenvalue weighted by Crippen LogP contribution is -2.36. The van der Waals surface area contributed by atoms with Gasteiger partial charge in [-0.05, 0) is 45.9 Å². The molecule has 0 bridgehead atoms. The van der Waals surface area contributed by atoms with E-state index in [1.54, 1.807) is 11.8 Å². The van der Waals surface area contributed by atoms with E-state index in [2.05, 4.69) is 10.1 Å². The number of aromatic nitrogens is 2. The summed E-state index contributed by atoms with van der Waals surface area (Å²) in [6.45, 7) is 7.50. The van der Waals surface area contributed by atoms with Gasteiger partial charge in [0.15, 0.2) is 0 Å². The molecule has 0 spiro atoms. The van der Waals surface area contributed by atoms with Gasteiger partial charge in [0.25, 0.3) is 11.6 Å². The Hall–Kier alpha value is -3.55. The summed E-state index contributed by atoms with van der Waals surface area (Å²) in [5.74, 6) is 0.529. The van der Waals surface area contributed by atoms with Crippen molar-refractivity contribution in [3.63, 3.8) is 0 Å². The van der Waals surface area contributed by atoms with Gasteiger partial charge in [0.2, 0.25) is 11.7 Å². The molecule has 0 saturated carbocycles. The highest BCUT2D eigenvalue weighted by Gasteiger charge is 2.23. The van der Waals surface area contributed by atoms with E-state index in [0.717, 1.165) is 11.1 Å². The molecule has 2 aromatic carbocycles. The fraction of sp³-hybridized carbons (Fsp3) is 0.286. The molecule has 0 saturated heterocycles. The molecule has 3 rings (SSSR count). The largest absolute Gasteiger partial charge is 0.337 e. The summed E-state index contributed by atoms with van der Waals surface area (Å²) in [5.41, 5.74) is 2.72. The third-order valence-electron chi connectivity index (χ3n) is 4.57. The number of benzene rings is 2. The highest BCUT2D eigenvalue weighted by molar-refractivity contribution is 5.94. The zero-order chi connectivity index (χ0) is 21.1. The molecule has 8 nitrogen and oxygen atoms in total. The Balaban J connectivity index is 1.83. The van der Waals surface area contributed by atoms with Crippen molar-refractivity contribution in [3.8, 4) is 11.4 Å². The summed E-state index contributed by atoms with van der Waals surface area (Å²) in [6.07, 6.45) is 0. The van der Waals surface area contributed by atoms with E-state index in [1.165, 1.54) is 18.2 Å². The van der Waals surface area contributed by atoms with Gasteiger partial charge >= 0.3 is 0 Å². The minimum atomic E-state index is -0.463. The summed E-state index contributed by atoms with van der Waals surface area (Å²) in [6, 6.07) is 12.0. The number of rotatable bonds is 6. The molecule has 150 valence electrons. The Kier molecular flexibility index (Phi) is 5.72. The average molecular weight is 394 g/mol. The molecule has 0 radical (unpaired) electrons. The standard InChI is InChI=1S/C21H22N4O4/c1-13(2)24(21(26)17-8-9-18(25(27)28)15(4)11-17)12-19-22-20(23-29-19)16-7-5-6-14(3)10-16/h5-11,13H,12H2,1-4H3. The minimum Gasteiger partial charge on any atom is -0.337 e. The molecule has 3 aromatic rings. The number of nitro benzene ring substituents is 1. The second-order valence-corrected chi connectivity index (χ2v) is 7.17. The molecule has 1 amide bonds. The third kappa shape index (κ3) is 4.48. The molecule has 0 aliphatic rings. The Labute approximate surface area is 168 Å². The summed E-state index contributed by atoms with van der Waals surface area (Å²) < 4.78 is 5.36. The first kappa shape index (κ1) is 20.2. The normalized spacial score (nSPS) is 10.9. The van der Waals surface area contributed by atoms with Crippen LogP contribution < -0.4 is 0 Å². The van der Waals surface area contributed by atoms with Crippen LogP contribution in [0.2, 0.25) is 0 Å². The van der Waals surface area contributed by atoms with Crippen molar-refractivity contribution in [1.82, 2.24) is 15.0 Å². The highest BCUT2D eigenvalue weighted by atomic mass is 16.6. The van der Waals surface area contributed by atoms with Crippen LogP contribution >= 0.6 is 0 Å². The first-order valence-corrected chi connectivity index (χ1v) is 9.22. The summed E-state index contributed by atoms with van der Waals surface area (Å²) in [7, 11) is 0. The topological polar surface area (TPSA) is 102 Å². The molecule has 29 heavy (non-hydrogen) atoms. The lowest BCUT2D eigenvalue weighted by molar-refractivity contribution is -0.385. The predicted molar refractivity (Wildman–Crippen MR) is 107 cm³/mol. The summed E-state index contributed by atoms with van der Waals surface area (Å²) >= 11 is 0. The van der Waals surface area contributed by atoms with E-state index >= 15 is 0 Å². The van der Waals surface area contributed by atoms with Crippen molar-refractivity contribution < 1.29 is 14.2 Å². The molecule has 0 aliphatic heterocycles. The van der Waals surface area contributed by atoms with Gasteiger partial charge in [0.1, 0.15) is 6.54 Å². The maximum Gasteiger partial charge on any atom is 0.272 e. The van der Waals surface area contributed by atoms with Gasteiger partial charge in [-0.2, -0.15) is 4.98 Å². The summed E-state index contributed by atoms with van der Waals surface area (Å²) in [5, 5.41) is 15.0. The van der Waals surface area contributed by atoms with Gasteiger partial charge in [-0.1, -0.05) is 28.9 Å². The minimum absolute atomic E-state index is 0.0163. The predicted octanol–water partition coefficient (Wildman–Crippen LogP) is 4.31. The van der Waals surface area contributed by atoms with Crippen molar-refractivity contribution in [2.45, 2.75) is 40.3 Å². The fourth-order valence-electron chi connectivity index (χ4n) is 3.01. The van der Waals surface area contributed by atoms with Gasteiger partial charge in [-0.15, -0.1) is 0 Å². The molecule has 8 heteroatoms. The number of carbonyl (C=O) groups excluding carboxylic acids is 1. The van der Waals surface area contributed by atoms with Crippen molar-refractivity contribution in [2.75, 3.05) is 0 Å². The maximum atomic E-state index is 13.0. The van der Waals surface area contributed by atoms with E-state index < -0.39 is 4.92 Å². The maximum absolute atomic E-state index is 13.0. The molecule has 1 aromatic heterocycles. The SMILES string of the molecule is Cc1cccc(-c2noc(CN(C(=O)c3ccc([N+](=O)[O-])c(C)c3)C(C)C)n2)c1. The molecule has 0 atom stereocenters. The van der Waals surface area contributed by atoms with Crippen LogP contribution in [0.5, 0.6) is 0 Å². The Morgan fingerprint density at radius 3 is 2.59 bits per heavy atom. The number of carbonyl (C=O) groups is 1. The van der Waals surface area contributed by atoms with Crippen LogP contribution in [0.4, 0.5) is 5.69 Å². The van der Waals surface area contributed by atoms with Crippen LogP contribution in [0.3, 0.4) is 0 Å². The second kappa shape index (κ2) is 8.22. The molecular weight excluding hydrogens is 372 g/mol.